The molecule has 0 aromatic heterocycles. The summed E-state index contributed by atoms with van der Waals surface area (Å²) in [5, 5.41) is 2.80. The molecule has 1 heterocycles. The van der Waals surface area contributed by atoms with E-state index in [4.69, 9.17) is 0 Å². The predicted molar refractivity (Wildman–Crippen MR) is 80.2 cm³/mol. The summed E-state index contributed by atoms with van der Waals surface area (Å²) < 4.78 is 12.7. The van der Waals surface area contributed by atoms with E-state index in [0.29, 0.717) is 17.8 Å². The number of rotatable bonds is 5. The lowest BCUT2D eigenvalue weighted by Gasteiger charge is -2.30. The second kappa shape index (κ2) is 7.31. The van der Waals surface area contributed by atoms with E-state index in [1.165, 1.54) is 6.92 Å². The maximum absolute atomic E-state index is 12.7. The largest absolute Gasteiger partial charge is 0.325 e. The molecule has 0 saturated carbocycles. The zero-order valence-electron chi connectivity index (χ0n) is 12.3. The molecule has 5 heteroatoms. The summed E-state index contributed by atoms with van der Waals surface area (Å²) in [6, 6.07) is 6.82. The van der Waals surface area contributed by atoms with Gasteiger partial charge < -0.3 is 5.32 Å². The third kappa shape index (κ3) is 4.63. The minimum Gasteiger partial charge on any atom is -0.325 e. The normalized spacial score (nSPS) is 19.2. The molecule has 1 unspecified atom stereocenters. The number of hydrogen-bond acceptors (Lipinski definition) is 3. The van der Waals surface area contributed by atoms with E-state index < -0.39 is 0 Å². The Morgan fingerprint density at radius 3 is 2.67 bits per heavy atom. The number of hydrogen-bond donors (Lipinski definition) is 1. The summed E-state index contributed by atoms with van der Waals surface area (Å²) in [7, 11) is 0. The zero-order chi connectivity index (χ0) is 15.2. The maximum atomic E-state index is 12.7. The first-order valence-electron chi connectivity index (χ1n) is 7.27. The molecule has 1 aromatic carbocycles. The van der Waals surface area contributed by atoms with Gasteiger partial charge in [-0.15, -0.1) is 0 Å². The Labute approximate surface area is 124 Å². The highest BCUT2D eigenvalue weighted by Gasteiger charge is 2.21. The van der Waals surface area contributed by atoms with Gasteiger partial charge in [0.05, 0.1) is 13.2 Å². The van der Waals surface area contributed by atoms with E-state index >= 15 is 0 Å². The fourth-order valence-corrected chi connectivity index (χ4v) is 2.61. The molecule has 1 N–H and O–H groups in total. The first kappa shape index (κ1) is 15.6. The van der Waals surface area contributed by atoms with E-state index in [1.807, 2.05) is 4.90 Å². The van der Waals surface area contributed by atoms with Crippen LogP contribution in [0.3, 0.4) is 0 Å². The number of alkyl halides is 1. The molecule has 0 spiro atoms. The van der Waals surface area contributed by atoms with Gasteiger partial charge in [0.2, 0.25) is 5.91 Å². The highest BCUT2D eigenvalue weighted by atomic mass is 19.1. The van der Waals surface area contributed by atoms with Crippen LogP contribution in [0.2, 0.25) is 0 Å². The number of carbonyl (C=O) groups excluding carboxylic acids is 2. The van der Waals surface area contributed by atoms with E-state index in [2.05, 4.69) is 5.32 Å². The number of Topliss-reactive ketones (excluding diaryl/α,β-unsaturated/α-hetero) is 1. The monoisotopic (exact) mass is 292 g/mol. The number of ketones is 1. The zero-order valence-corrected chi connectivity index (χ0v) is 12.3. The van der Waals surface area contributed by atoms with Crippen molar-refractivity contribution in [1.82, 2.24) is 4.90 Å². The lowest BCUT2D eigenvalue weighted by molar-refractivity contribution is -0.117. The summed E-state index contributed by atoms with van der Waals surface area (Å²) in [6.45, 7) is 2.96. The number of nitrogens with one attached hydrogen (secondary N) is 1. The second-order valence-corrected chi connectivity index (χ2v) is 5.58. The van der Waals surface area contributed by atoms with Crippen LogP contribution < -0.4 is 5.32 Å². The molecule has 1 aromatic rings. The van der Waals surface area contributed by atoms with Gasteiger partial charge >= 0.3 is 0 Å². The molecule has 1 fully saturated rings. The molecule has 0 aliphatic carbocycles. The van der Waals surface area contributed by atoms with Crippen molar-refractivity contribution in [2.75, 3.05) is 31.6 Å². The van der Waals surface area contributed by atoms with Crippen molar-refractivity contribution in [2.45, 2.75) is 19.8 Å². The van der Waals surface area contributed by atoms with Gasteiger partial charge in [-0.25, -0.2) is 0 Å². The minimum atomic E-state index is -0.315. The van der Waals surface area contributed by atoms with Crippen LogP contribution in [0.5, 0.6) is 0 Å². The first-order valence-corrected chi connectivity index (χ1v) is 7.27. The van der Waals surface area contributed by atoms with E-state index in [-0.39, 0.29) is 30.8 Å². The van der Waals surface area contributed by atoms with Crippen LogP contribution in [0, 0.1) is 5.92 Å². The average Bonchev–Trinajstić information content (AvgIpc) is 2.47. The number of carbonyl (C=O) groups is 2. The van der Waals surface area contributed by atoms with Gasteiger partial charge in [0.1, 0.15) is 0 Å². The topological polar surface area (TPSA) is 49.4 Å². The molecule has 0 radical (unpaired) electrons. The summed E-state index contributed by atoms with van der Waals surface area (Å²) in [4.78, 5) is 25.2. The van der Waals surface area contributed by atoms with E-state index in [9.17, 15) is 14.0 Å². The van der Waals surface area contributed by atoms with Crippen LogP contribution in [-0.2, 0) is 4.79 Å². The first-order chi connectivity index (χ1) is 10.1. The predicted octanol–water partition coefficient (Wildman–Crippen LogP) is 2.51. The van der Waals surface area contributed by atoms with Crippen LogP contribution in [0.1, 0.15) is 30.1 Å². The van der Waals surface area contributed by atoms with Crippen molar-refractivity contribution in [1.29, 1.82) is 0 Å². The van der Waals surface area contributed by atoms with Crippen molar-refractivity contribution in [3.05, 3.63) is 29.8 Å². The number of piperidine rings is 1. The Bertz CT molecular complexity index is 502. The summed E-state index contributed by atoms with van der Waals surface area (Å²) in [6.07, 6.45) is 1.84. The van der Waals surface area contributed by atoms with Crippen LogP contribution in [0.4, 0.5) is 10.1 Å². The number of anilines is 1. The quantitative estimate of drug-likeness (QED) is 0.848. The van der Waals surface area contributed by atoms with Crippen molar-refractivity contribution in [3.63, 3.8) is 0 Å². The third-order valence-electron chi connectivity index (χ3n) is 3.76. The van der Waals surface area contributed by atoms with Gasteiger partial charge in [0.15, 0.2) is 5.78 Å². The van der Waals surface area contributed by atoms with Crippen molar-refractivity contribution >= 4 is 17.4 Å². The molecule has 1 saturated heterocycles. The number of amides is 1. The summed E-state index contributed by atoms with van der Waals surface area (Å²) in [5.74, 6) is -0.0510. The van der Waals surface area contributed by atoms with Crippen LogP contribution in [-0.4, -0.2) is 42.9 Å². The molecule has 4 nitrogen and oxygen atoms in total. The molecule has 114 valence electrons. The Morgan fingerprint density at radius 1 is 1.33 bits per heavy atom. The molecule has 1 atom stereocenters. The number of halogens is 1. The molecule has 2 rings (SSSR count). The lowest BCUT2D eigenvalue weighted by Crippen LogP contribution is -2.41. The standard InChI is InChI=1S/C16H21FN2O2/c1-12(20)14-4-6-15(7-5-14)18-16(21)11-19-8-2-3-13(9-17)10-19/h4-7,13H,2-3,8-11H2,1H3,(H,18,21). The average molecular weight is 292 g/mol. The molecule has 1 amide bonds. The maximum Gasteiger partial charge on any atom is 0.238 e. The fourth-order valence-electron chi connectivity index (χ4n) is 2.61. The minimum absolute atomic E-state index is 0.00143. The number of nitrogens with zero attached hydrogens (tertiary/aromatic N) is 1. The summed E-state index contributed by atoms with van der Waals surface area (Å²) >= 11 is 0. The van der Waals surface area contributed by atoms with Crippen LogP contribution >= 0.6 is 0 Å². The Hall–Kier alpha value is -1.75. The van der Waals surface area contributed by atoms with Gasteiger partial charge in [0.25, 0.3) is 0 Å². The van der Waals surface area contributed by atoms with Gasteiger partial charge in [-0.3, -0.25) is 18.9 Å². The molecule has 0 bridgehead atoms. The Morgan fingerprint density at radius 2 is 2.05 bits per heavy atom. The van der Waals surface area contributed by atoms with Gasteiger partial charge in [0, 0.05) is 23.7 Å². The number of likely N-dealkylation sites (tertiary alicyclic amines) is 1. The highest BCUT2D eigenvalue weighted by molar-refractivity contribution is 5.96. The Balaban J connectivity index is 1.85. The fraction of sp³-hybridized carbons (Fsp3) is 0.500. The third-order valence-corrected chi connectivity index (χ3v) is 3.76. The van der Waals surface area contributed by atoms with Gasteiger partial charge in [-0.05, 0) is 50.6 Å². The van der Waals surface area contributed by atoms with E-state index in [1.54, 1.807) is 24.3 Å². The highest BCUT2D eigenvalue weighted by Crippen LogP contribution is 2.17. The molecule has 1 aliphatic heterocycles. The summed E-state index contributed by atoms with van der Waals surface area (Å²) in [5.41, 5.74) is 1.29. The Kier molecular flexibility index (Phi) is 5.44. The smallest absolute Gasteiger partial charge is 0.238 e. The molecular weight excluding hydrogens is 271 g/mol. The number of benzene rings is 1. The van der Waals surface area contributed by atoms with Crippen molar-refractivity contribution in [3.8, 4) is 0 Å². The van der Waals surface area contributed by atoms with Crippen molar-refractivity contribution in [2.24, 2.45) is 5.92 Å². The van der Waals surface area contributed by atoms with Crippen LogP contribution in [0.25, 0.3) is 0 Å². The SMILES string of the molecule is CC(=O)c1ccc(NC(=O)CN2CCCC(CF)C2)cc1. The van der Waals surface area contributed by atoms with Gasteiger partial charge in [-0.1, -0.05) is 0 Å². The lowest BCUT2D eigenvalue weighted by atomic mass is 9.99. The van der Waals surface area contributed by atoms with E-state index in [0.717, 1.165) is 19.4 Å². The second-order valence-electron chi connectivity index (χ2n) is 5.58. The molecule has 21 heavy (non-hydrogen) atoms. The van der Waals surface area contributed by atoms with Gasteiger partial charge in [-0.2, -0.15) is 0 Å². The molecule has 1 aliphatic rings. The van der Waals surface area contributed by atoms with Crippen LogP contribution in [0.15, 0.2) is 24.3 Å². The van der Waals surface area contributed by atoms with Crippen molar-refractivity contribution < 1.29 is 14.0 Å². The molecular formula is C16H21FN2O2.